The van der Waals surface area contributed by atoms with Crippen molar-refractivity contribution in [3.63, 3.8) is 0 Å². The Hall–Kier alpha value is -2.94. The first-order valence-corrected chi connectivity index (χ1v) is 11.0. The molecule has 1 heterocycles. The second-order valence-electron chi connectivity index (χ2n) is 7.85. The molecule has 0 unspecified atom stereocenters. The van der Waals surface area contributed by atoms with Crippen molar-refractivity contribution in [3.05, 3.63) is 93.9 Å². The van der Waals surface area contributed by atoms with Gasteiger partial charge in [-0.25, -0.2) is 8.42 Å². The molecule has 0 amide bonds. The van der Waals surface area contributed by atoms with E-state index in [0.29, 0.717) is 4.73 Å². The van der Waals surface area contributed by atoms with Crippen LogP contribution < -0.4 is 9.45 Å². The molecule has 0 aliphatic rings. The van der Waals surface area contributed by atoms with Crippen molar-refractivity contribution in [2.45, 2.75) is 31.1 Å². The molecule has 31 heavy (non-hydrogen) atoms. The number of rotatable bonds is 5. The zero-order valence-electron chi connectivity index (χ0n) is 17.2. The van der Waals surface area contributed by atoms with E-state index < -0.39 is 15.8 Å². The van der Waals surface area contributed by atoms with E-state index in [2.05, 4.69) is 4.72 Å². The van der Waals surface area contributed by atoms with Crippen molar-refractivity contribution in [1.29, 1.82) is 0 Å². The van der Waals surface area contributed by atoms with Crippen LogP contribution in [-0.2, 0) is 15.4 Å². The molecular weight excluding hydrogens is 440 g/mol. The molecule has 3 N–H and O–H groups in total. The van der Waals surface area contributed by atoms with Gasteiger partial charge in [-0.15, -0.1) is 0 Å². The Morgan fingerprint density at radius 2 is 1.58 bits per heavy atom. The first kappa shape index (κ1) is 24.3. The van der Waals surface area contributed by atoms with Crippen LogP contribution >= 0.6 is 11.6 Å². The number of carbonyl (C=O) groups excluding carboxylic acids is 1. The first-order chi connectivity index (χ1) is 14.0. The molecule has 0 aliphatic heterocycles. The molecule has 2 aromatic carbocycles. The molecule has 0 saturated carbocycles. The third-order valence-corrected chi connectivity index (χ3v) is 6.18. The Morgan fingerprint density at radius 1 is 1.00 bits per heavy atom. The zero-order valence-corrected chi connectivity index (χ0v) is 18.8. The van der Waals surface area contributed by atoms with Crippen LogP contribution in [0.5, 0.6) is 0 Å². The fourth-order valence-corrected chi connectivity index (χ4v) is 4.10. The summed E-state index contributed by atoms with van der Waals surface area (Å²) in [6, 6.07) is 13.6. The number of carbonyl (C=O) groups is 1. The number of hydrogen-bond acceptors (Lipinski definition) is 4. The standard InChI is InChI=1S/C22H21ClN2O4S.H2O/c1-22(2,3)16-4-7-18(8-5-16)30(28,29)24-20-9-6-17(23)14-19(20)21(26)15-10-12-25(27)13-11-15;/h4-14,24H,1-3H3;1H2. The van der Waals surface area contributed by atoms with Crippen molar-refractivity contribution in [3.8, 4) is 0 Å². The predicted molar refractivity (Wildman–Crippen MR) is 120 cm³/mol. The number of sulfonamides is 1. The summed E-state index contributed by atoms with van der Waals surface area (Å²) >= 11 is 6.04. The lowest BCUT2D eigenvalue weighted by Gasteiger charge is -2.19. The second-order valence-corrected chi connectivity index (χ2v) is 9.96. The highest BCUT2D eigenvalue weighted by atomic mass is 35.5. The lowest BCUT2D eigenvalue weighted by atomic mass is 9.87. The van der Waals surface area contributed by atoms with Gasteiger partial charge >= 0.3 is 0 Å². The SMILES string of the molecule is CC(C)(C)c1ccc(S(=O)(=O)Nc2ccc(Cl)cc2C(=O)c2cc[n+]([O-])cc2)cc1.O. The minimum atomic E-state index is -3.93. The minimum Gasteiger partial charge on any atom is -0.619 e. The average molecular weight is 463 g/mol. The molecule has 9 heteroatoms. The summed E-state index contributed by atoms with van der Waals surface area (Å²) in [6.45, 7) is 6.12. The average Bonchev–Trinajstić information content (AvgIpc) is 2.69. The van der Waals surface area contributed by atoms with Gasteiger partial charge in [0.05, 0.1) is 10.6 Å². The van der Waals surface area contributed by atoms with Gasteiger partial charge in [-0.1, -0.05) is 44.5 Å². The maximum Gasteiger partial charge on any atom is 0.261 e. The Bertz CT molecular complexity index is 1190. The molecule has 0 aliphatic carbocycles. The first-order valence-electron chi connectivity index (χ1n) is 9.14. The number of nitrogens with one attached hydrogen (secondary N) is 1. The highest BCUT2D eigenvalue weighted by Gasteiger charge is 2.21. The number of ketones is 1. The normalized spacial score (nSPS) is 11.5. The van der Waals surface area contributed by atoms with Crippen LogP contribution in [0.2, 0.25) is 5.02 Å². The molecule has 3 aromatic rings. The van der Waals surface area contributed by atoms with Gasteiger partial charge in [-0.3, -0.25) is 9.52 Å². The van der Waals surface area contributed by atoms with Crippen molar-refractivity contribution < 1.29 is 23.4 Å². The summed E-state index contributed by atoms with van der Waals surface area (Å²) in [4.78, 5) is 13.0. The summed E-state index contributed by atoms with van der Waals surface area (Å²) in [5.74, 6) is -0.459. The molecule has 0 spiro atoms. The third kappa shape index (κ3) is 5.61. The van der Waals surface area contributed by atoms with Gasteiger partial charge in [-0.05, 0) is 41.3 Å². The largest absolute Gasteiger partial charge is 0.619 e. The third-order valence-electron chi connectivity index (χ3n) is 4.57. The molecular formula is C22H23ClN2O5S. The Balaban J connectivity index is 0.00000341. The number of hydrogen-bond donors (Lipinski definition) is 1. The van der Waals surface area contributed by atoms with Gasteiger partial charge in [0.1, 0.15) is 0 Å². The van der Waals surface area contributed by atoms with Crippen LogP contribution in [0, 0.1) is 5.21 Å². The topological polar surface area (TPSA) is 122 Å². The van der Waals surface area contributed by atoms with Crippen LogP contribution in [0.4, 0.5) is 5.69 Å². The van der Waals surface area contributed by atoms with Gasteiger partial charge in [0.15, 0.2) is 18.2 Å². The fraction of sp³-hybridized carbons (Fsp3) is 0.182. The van der Waals surface area contributed by atoms with Crippen molar-refractivity contribution >= 4 is 33.1 Å². The van der Waals surface area contributed by atoms with Crippen molar-refractivity contribution in [2.75, 3.05) is 4.72 Å². The van der Waals surface area contributed by atoms with E-state index in [1.165, 1.54) is 54.9 Å². The summed E-state index contributed by atoms with van der Waals surface area (Å²) < 4.78 is 28.8. The zero-order chi connectivity index (χ0) is 22.1. The van der Waals surface area contributed by atoms with Crippen LogP contribution in [0.25, 0.3) is 0 Å². The van der Waals surface area contributed by atoms with Crippen LogP contribution in [0.1, 0.15) is 42.3 Å². The van der Waals surface area contributed by atoms with Gasteiger partial charge in [-0.2, -0.15) is 4.73 Å². The fourth-order valence-electron chi connectivity index (χ4n) is 2.85. The van der Waals surface area contributed by atoms with Crippen LogP contribution in [0.15, 0.2) is 71.9 Å². The predicted octanol–water partition coefficient (Wildman–Crippen LogP) is 3.48. The maximum absolute atomic E-state index is 12.9. The van der Waals surface area contributed by atoms with Crippen LogP contribution in [0.3, 0.4) is 0 Å². The molecule has 3 rings (SSSR count). The molecule has 0 radical (unpaired) electrons. The Kier molecular flexibility index (Phi) is 7.10. The number of aromatic nitrogens is 1. The highest BCUT2D eigenvalue weighted by molar-refractivity contribution is 7.92. The van der Waals surface area contributed by atoms with E-state index in [0.717, 1.165) is 5.56 Å². The van der Waals surface area contributed by atoms with Gasteiger partial charge in [0.25, 0.3) is 10.0 Å². The lowest BCUT2D eigenvalue weighted by Crippen LogP contribution is -2.24. The van der Waals surface area contributed by atoms with Crippen molar-refractivity contribution in [2.24, 2.45) is 0 Å². The van der Waals surface area contributed by atoms with E-state index in [1.807, 2.05) is 20.8 Å². The summed E-state index contributed by atoms with van der Waals surface area (Å²) in [5, 5.41) is 11.5. The van der Waals surface area contributed by atoms with Crippen LogP contribution in [-0.4, -0.2) is 19.7 Å². The van der Waals surface area contributed by atoms with E-state index in [-0.39, 0.29) is 37.6 Å². The van der Waals surface area contributed by atoms with Crippen molar-refractivity contribution in [1.82, 2.24) is 0 Å². The number of anilines is 1. The number of nitrogens with zero attached hydrogens (tertiary/aromatic N) is 1. The monoisotopic (exact) mass is 462 g/mol. The molecule has 0 bridgehead atoms. The lowest BCUT2D eigenvalue weighted by molar-refractivity contribution is -0.605. The summed E-state index contributed by atoms with van der Waals surface area (Å²) in [7, 11) is -3.93. The number of benzene rings is 2. The molecule has 7 nitrogen and oxygen atoms in total. The second kappa shape index (κ2) is 9.05. The highest BCUT2D eigenvalue weighted by Crippen LogP contribution is 2.27. The molecule has 0 saturated heterocycles. The molecule has 0 atom stereocenters. The molecule has 1 aromatic heterocycles. The van der Waals surface area contributed by atoms with Gasteiger partial charge in [0, 0.05) is 28.3 Å². The minimum absolute atomic E-state index is 0. The Morgan fingerprint density at radius 3 is 2.13 bits per heavy atom. The Labute approximate surface area is 186 Å². The van der Waals surface area contributed by atoms with E-state index >= 15 is 0 Å². The summed E-state index contributed by atoms with van der Waals surface area (Å²) in [6.07, 6.45) is 2.39. The molecule has 0 fully saturated rings. The maximum atomic E-state index is 12.9. The van der Waals surface area contributed by atoms with Gasteiger partial charge in [0.2, 0.25) is 0 Å². The van der Waals surface area contributed by atoms with Gasteiger partial charge < -0.3 is 10.7 Å². The van der Waals surface area contributed by atoms with E-state index in [4.69, 9.17) is 11.6 Å². The molecule has 164 valence electrons. The van der Waals surface area contributed by atoms with E-state index in [1.54, 1.807) is 12.1 Å². The quantitative estimate of drug-likeness (QED) is 0.354. The number of halogens is 1. The number of pyridine rings is 1. The smallest absolute Gasteiger partial charge is 0.261 e. The summed E-state index contributed by atoms with van der Waals surface area (Å²) in [5.41, 5.74) is 1.32. The van der Waals surface area contributed by atoms with E-state index in [9.17, 15) is 18.4 Å².